The van der Waals surface area contributed by atoms with Gasteiger partial charge in [-0.2, -0.15) is 0 Å². The van der Waals surface area contributed by atoms with E-state index in [1.54, 1.807) is 20.8 Å². The van der Waals surface area contributed by atoms with Gasteiger partial charge in [-0.05, 0) is 66.2 Å². The van der Waals surface area contributed by atoms with Crippen molar-refractivity contribution >= 4 is 11.6 Å². The zero-order chi connectivity index (χ0) is 35.7. The quantitative estimate of drug-likeness (QED) is 0.245. The highest BCUT2D eigenvalue weighted by molar-refractivity contribution is 6.30. The molecule has 2 aliphatic heterocycles. The molecule has 13 nitrogen and oxygen atoms in total. The monoisotopic (exact) mass is 684 g/mol. The van der Waals surface area contributed by atoms with Crippen molar-refractivity contribution in [2.75, 3.05) is 28.2 Å². The van der Waals surface area contributed by atoms with Crippen molar-refractivity contribution in [3.63, 3.8) is 0 Å². The van der Waals surface area contributed by atoms with Crippen LogP contribution >= 0.6 is 0 Å². The average Bonchev–Trinajstić information content (AvgIpc) is 3.04. The molecule has 0 spiro atoms. The van der Waals surface area contributed by atoms with Crippen LogP contribution in [0.5, 0.6) is 11.5 Å². The second-order valence-corrected chi connectivity index (χ2v) is 14.4. The first-order valence-corrected chi connectivity index (χ1v) is 16.9. The topological polar surface area (TPSA) is 179 Å². The Morgan fingerprint density at radius 2 is 1.41 bits per heavy atom. The van der Waals surface area contributed by atoms with E-state index in [2.05, 4.69) is 0 Å². The number of hydrogen-bond donors (Lipinski definition) is 5. The lowest BCUT2D eigenvalue weighted by atomic mass is 9.71. The van der Waals surface area contributed by atoms with Crippen molar-refractivity contribution in [1.82, 2.24) is 9.80 Å². The molecule has 11 atom stereocenters. The number of benzene rings is 2. The van der Waals surface area contributed by atoms with E-state index in [1.165, 1.54) is 24.3 Å². The zero-order valence-electron chi connectivity index (χ0n) is 29.0. The summed E-state index contributed by atoms with van der Waals surface area (Å²) in [6.07, 6.45) is -5.98. The fourth-order valence-corrected chi connectivity index (χ4v) is 7.94. The summed E-state index contributed by atoms with van der Waals surface area (Å²) in [5.41, 5.74) is -1.83. The Bertz CT molecular complexity index is 1610. The molecule has 5 N–H and O–H groups in total. The summed E-state index contributed by atoms with van der Waals surface area (Å²) in [4.78, 5) is 31.6. The number of carbonyl (C=O) groups excluding carboxylic acids is 2. The van der Waals surface area contributed by atoms with Crippen molar-refractivity contribution in [3.8, 4) is 11.5 Å². The number of aliphatic hydroxyl groups is 3. The number of nitrogens with zero attached hydrogens (tertiary/aromatic N) is 2. The predicted molar refractivity (Wildman–Crippen MR) is 175 cm³/mol. The number of aliphatic hydroxyl groups excluding tert-OH is 2. The molecule has 2 fully saturated rings. The number of carbonyl (C=O) groups is 2. The molecular weight excluding hydrogens is 636 g/mol. The number of rotatable bonds is 7. The molecule has 2 aromatic carbocycles. The SMILES string of the molecule is CC[C@@]1(O)C[C@H](OC2CC(N(C)C)C(O)C(C)O2)c2cc3c(c(O)c2[C@H]1OC1CC(N(C)C)C(O)C(C)O1)C(=O)c1cccc(O)c1C3=O. The first-order valence-electron chi connectivity index (χ1n) is 16.9. The van der Waals surface area contributed by atoms with Gasteiger partial charge in [0.05, 0.1) is 47.2 Å². The Balaban J connectivity index is 1.48. The van der Waals surface area contributed by atoms with Crippen molar-refractivity contribution in [3.05, 3.63) is 57.6 Å². The first kappa shape index (κ1) is 35.8. The molecule has 268 valence electrons. The van der Waals surface area contributed by atoms with E-state index in [0.29, 0.717) is 12.0 Å². The van der Waals surface area contributed by atoms with E-state index in [9.17, 15) is 35.1 Å². The van der Waals surface area contributed by atoms with E-state index in [0.717, 1.165) is 0 Å². The number of ketones is 2. The Morgan fingerprint density at radius 1 is 0.857 bits per heavy atom. The minimum absolute atomic E-state index is 0.0329. The summed E-state index contributed by atoms with van der Waals surface area (Å²) in [5.74, 6) is -2.18. The third kappa shape index (κ3) is 6.08. The highest BCUT2D eigenvalue weighted by Gasteiger charge is 2.52. The van der Waals surface area contributed by atoms with Gasteiger partial charge in [0.1, 0.15) is 17.6 Å². The Labute approximate surface area is 285 Å². The fraction of sp³-hybridized carbons (Fsp3) is 0.611. The summed E-state index contributed by atoms with van der Waals surface area (Å²) in [5, 5.41) is 56.7. The van der Waals surface area contributed by atoms with Gasteiger partial charge in [0.2, 0.25) is 0 Å². The summed E-state index contributed by atoms with van der Waals surface area (Å²) in [6, 6.07) is 5.06. The summed E-state index contributed by atoms with van der Waals surface area (Å²) < 4.78 is 25.3. The lowest BCUT2D eigenvalue weighted by molar-refractivity contribution is -0.289. The standard InChI is InChI=1S/C36H48N2O11/c1-8-36(45)15-24(48-25-13-21(37(4)5)30(40)16(2)46-25)19-12-20-28(32(42)18-10-9-11-23(39)27(18)33(20)43)34(44)29(19)35(36)49-26-14-22(38(6)7)31(41)17(3)47-26/h9-12,16-17,21-22,24-26,30-31,35,39-41,44-45H,8,13-15H2,1-7H3/t16?,17?,21?,22?,24-,25?,26?,30?,31?,35+,36+/m0/s1. The molecule has 0 radical (unpaired) electrons. The van der Waals surface area contributed by atoms with Gasteiger partial charge < -0.3 is 54.3 Å². The second kappa shape index (κ2) is 13.3. The van der Waals surface area contributed by atoms with Crippen LogP contribution in [0.4, 0.5) is 0 Å². The maximum absolute atomic E-state index is 13.9. The number of phenols is 2. The van der Waals surface area contributed by atoms with E-state index in [-0.39, 0.29) is 64.9 Å². The Hall–Kier alpha value is -2.98. The third-order valence-electron chi connectivity index (χ3n) is 10.9. The number of phenolic OH excluding ortho intramolecular Hbond substituents is 2. The van der Waals surface area contributed by atoms with Crippen molar-refractivity contribution < 1.29 is 54.1 Å². The molecule has 0 saturated carbocycles. The molecule has 4 aliphatic rings. The van der Waals surface area contributed by atoms with Crippen molar-refractivity contribution in [2.24, 2.45) is 0 Å². The molecule has 8 unspecified atom stereocenters. The van der Waals surface area contributed by atoms with Crippen LogP contribution in [0.2, 0.25) is 0 Å². The first-order chi connectivity index (χ1) is 23.1. The lowest BCUT2D eigenvalue weighted by Crippen LogP contribution is -2.55. The van der Waals surface area contributed by atoms with Crippen LogP contribution in [0.15, 0.2) is 24.3 Å². The molecule has 2 saturated heterocycles. The van der Waals surface area contributed by atoms with Gasteiger partial charge in [-0.1, -0.05) is 19.1 Å². The Kier molecular flexibility index (Phi) is 9.72. The number of ether oxygens (including phenoxy) is 4. The number of fused-ring (bicyclic) bond motifs is 3. The van der Waals surface area contributed by atoms with Crippen LogP contribution < -0.4 is 0 Å². The molecule has 2 aliphatic carbocycles. The smallest absolute Gasteiger partial charge is 0.198 e. The van der Waals surface area contributed by atoms with Crippen molar-refractivity contribution in [2.45, 2.75) is 113 Å². The Morgan fingerprint density at radius 3 is 1.96 bits per heavy atom. The molecule has 6 rings (SSSR count). The summed E-state index contributed by atoms with van der Waals surface area (Å²) in [6.45, 7) is 5.25. The van der Waals surface area contributed by atoms with Crippen LogP contribution in [0.1, 0.15) is 102 Å². The molecule has 0 bridgehead atoms. The highest BCUT2D eigenvalue weighted by atomic mass is 16.7. The minimum atomic E-state index is -1.65. The van der Waals surface area contributed by atoms with Crippen LogP contribution in [0.25, 0.3) is 0 Å². The van der Waals surface area contributed by atoms with Gasteiger partial charge in [-0.25, -0.2) is 0 Å². The van der Waals surface area contributed by atoms with Gasteiger partial charge in [-0.15, -0.1) is 0 Å². The largest absolute Gasteiger partial charge is 0.507 e. The van der Waals surface area contributed by atoms with Crippen LogP contribution in [-0.4, -0.2) is 130 Å². The normalized spacial score (nSPS) is 36.1. The van der Waals surface area contributed by atoms with E-state index >= 15 is 0 Å². The van der Waals surface area contributed by atoms with Crippen LogP contribution in [-0.2, 0) is 18.9 Å². The van der Waals surface area contributed by atoms with Gasteiger partial charge in [0.15, 0.2) is 24.1 Å². The number of likely N-dealkylation sites (N-methyl/N-ethyl adjacent to an activating group) is 2. The molecular formula is C36H48N2O11. The number of aromatic hydroxyl groups is 2. The van der Waals surface area contributed by atoms with Crippen LogP contribution in [0, 0.1) is 0 Å². The fourth-order valence-electron chi connectivity index (χ4n) is 7.94. The van der Waals surface area contributed by atoms with Crippen molar-refractivity contribution in [1.29, 1.82) is 0 Å². The molecule has 2 aromatic rings. The van der Waals surface area contributed by atoms with Gasteiger partial charge in [0, 0.05) is 48.0 Å². The van der Waals surface area contributed by atoms with Gasteiger partial charge in [0.25, 0.3) is 0 Å². The maximum Gasteiger partial charge on any atom is 0.198 e. The minimum Gasteiger partial charge on any atom is -0.507 e. The summed E-state index contributed by atoms with van der Waals surface area (Å²) in [7, 11) is 7.39. The third-order valence-corrected chi connectivity index (χ3v) is 10.9. The highest BCUT2D eigenvalue weighted by Crippen LogP contribution is 2.55. The van der Waals surface area contributed by atoms with Gasteiger partial charge in [-0.3, -0.25) is 9.59 Å². The molecule has 13 heteroatoms. The predicted octanol–water partition coefficient (Wildman–Crippen LogP) is 2.39. The number of hydrogen-bond acceptors (Lipinski definition) is 13. The molecule has 2 heterocycles. The second-order valence-electron chi connectivity index (χ2n) is 14.4. The van der Waals surface area contributed by atoms with E-state index in [4.69, 9.17) is 18.9 Å². The van der Waals surface area contributed by atoms with E-state index < -0.39 is 72.1 Å². The lowest BCUT2D eigenvalue weighted by Gasteiger charge is -2.48. The molecule has 49 heavy (non-hydrogen) atoms. The van der Waals surface area contributed by atoms with Gasteiger partial charge >= 0.3 is 0 Å². The molecule has 0 aromatic heterocycles. The maximum atomic E-state index is 13.9. The van der Waals surface area contributed by atoms with Crippen LogP contribution in [0.3, 0.4) is 0 Å². The summed E-state index contributed by atoms with van der Waals surface area (Å²) >= 11 is 0. The van der Waals surface area contributed by atoms with E-state index in [1.807, 2.05) is 38.0 Å². The molecule has 0 amide bonds. The average molecular weight is 685 g/mol. The zero-order valence-corrected chi connectivity index (χ0v) is 29.0.